The highest BCUT2D eigenvalue weighted by Crippen LogP contribution is 2.22. The van der Waals surface area contributed by atoms with Crippen LogP contribution in [0.1, 0.15) is 6.42 Å². The van der Waals surface area contributed by atoms with Crippen molar-refractivity contribution in [3.8, 4) is 0 Å². The molecule has 1 atom stereocenters. The van der Waals surface area contributed by atoms with Gasteiger partial charge in [0.05, 0.1) is 6.20 Å². The van der Waals surface area contributed by atoms with Crippen molar-refractivity contribution >= 4 is 33.0 Å². The Kier molecular flexibility index (Phi) is 4.04. The first kappa shape index (κ1) is 13.2. The van der Waals surface area contributed by atoms with Crippen molar-refractivity contribution in [2.75, 3.05) is 26.7 Å². The van der Waals surface area contributed by atoms with Crippen LogP contribution in [0.25, 0.3) is 0 Å². The zero-order valence-corrected chi connectivity index (χ0v) is 11.8. The zero-order valence-electron chi connectivity index (χ0n) is 9.39. The number of rotatable bonds is 4. The molecule has 0 saturated carbocycles. The van der Waals surface area contributed by atoms with Gasteiger partial charge in [0.2, 0.25) is 0 Å². The number of nitrogens with one attached hydrogen (secondary N) is 1. The molecule has 1 aromatic rings. The van der Waals surface area contributed by atoms with E-state index >= 15 is 0 Å². The van der Waals surface area contributed by atoms with Crippen LogP contribution in [0.5, 0.6) is 0 Å². The fourth-order valence-corrected chi connectivity index (χ4v) is 4.31. The highest BCUT2D eigenvalue weighted by molar-refractivity contribution is 7.91. The molecule has 96 valence electrons. The number of halogens is 1. The third-order valence-corrected chi connectivity index (χ3v) is 5.77. The molecule has 0 aromatic carbocycles. The smallest absolute Gasteiger partial charge is 0.251 e. The van der Waals surface area contributed by atoms with Crippen LogP contribution >= 0.6 is 22.9 Å². The van der Waals surface area contributed by atoms with Gasteiger partial charge in [-0.15, -0.1) is 0 Å². The van der Waals surface area contributed by atoms with E-state index in [1.165, 1.54) is 6.20 Å². The molecule has 1 unspecified atom stereocenters. The van der Waals surface area contributed by atoms with Crippen molar-refractivity contribution in [3.05, 3.63) is 10.7 Å². The maximum atomic E-state index is 11.9. The minimum atomic E-state index is -3.44. The van der Waals surface area contributed by atoms with Gasteiger partial charge in [-0.1, -0.05) is 22.9 Å². The standard InChI is InChI=1S/C9H14ClN3O2S2/c1-13-3-2-7(6-13)4-12-17(14,15)8-5-11-9(10)16-8/h5,7,12H,2-4,6H2,1H3. The van der Waals surface area contributed by atoms with Crippen LogP contribution in [0, 0.1) is 5.92 Å². The zero-order chi connectivity index (χ0) is 12.5. The van der Waals surface area contributed by atoms with E-state index in [9.17, 15) is 8.42 Å². The lowest BCUT2D eigenvalue weighted by Crippen LogP contribution is -2.30. The summed E-state index contributed by atoms with van der Waals surface area (Å²) in [4.78, 5) is 5.93. The number of sulfonamides is 1. The van der Waals surface area contributed by atoms with Gasteiger partial charge in [-0.3, -0.25) is 0 Å². The lowest BCUT2D eigenvalue weighted by molar-refractivity contribution is 0.394. The van der Waals surface area contributed by atoms with E-state index in [1.54, 1.807) is 0 Å². The van der Waals surface area contributed by atoms with Crippen LogP contribution < -0.4 is 4.72 Å². The van der Waals surface area contributed by atoms with Gasteiger partial charge in [-0.2, -0.15) is 0 Å². The van der Waals surface area contributed by atoms with Gasteiger partial charge in [0.1, 0.15) is 0 Å². The molecule has 0 amide bonds. The van der Waals surface area contributed by atoms with Crippen LogP contribution in [0.4, 0.5) is 0 Å². The van der Waals surface area contributed by atoms with E-state index in [4.69, 9.17) is 11.6 Å². The second-order valence-electron chi connectivity index (χ2n) is 4.20. The summed E-state index contributed by atoms with van der Waals surface area (Å²) in [5.74, 6) is 0.387. The van der Waals surface area contributed by atoms with Crippen LogP contribution in [0.15, 0.2) is 10.4 Å². The predicted octanol–water partition coefficient (Wildman–Crippen LogP) is 1.03. The van der Waals surface area contributed by atoms with Gasteiger partial charge in [-0.25, -0.2) is 18.1 Å². The van der Waals surface area contributed by atoms with Gasteiger partial charge >= 0.3 is 0 Å². The van der Waals surface area contributed by atoms with E-state index in [0.717, 1.165) is 30.8 Å². The average molecular weight is 296 g/mol. The second kappa shape index (κ2) is 5.19. The first-order valence-electron chi connectivity index (χ1n) is 5.27. The van der Waals surface area contributed by atoms with E-state index < -0.39 is 10.0 Å². The van der Waals surface area contributed by atoms with Crippen LogP contribution in [0.3, 0.4) is 0 Å². The molecular formula is C9H14ClN3O2S2. The molecule has 0 radical (unpaired) electrons. The lowest BCUT2D eigenvalue weighted by atomic mass is 10.1. The Morgan fingerprint density at radius 3 is 3.00 bits per heavy atom. The number of likely N-dealkylation sites (tertiary alicyclic amines) is 1. The molecule has 1 aliphatic heterocycles. The predicted molar refractivity (Wildman–Crippen MR) is 67.9 cm³/mol. The summed E-state index contributed by atoms with van der Waals surface area (Å²) >= 11 is 6.59. The second-order valence-corrected chi connectivity index (χ2v) is 7.81. The number of nitrogens with zero attached hydrogens (tertiary/aromatic N) is 2. The Hall–Kier alpha value is -0.210. The summed E-state index contributed by atoms with van der Waals surface area (Å²) in [5.41, 5.74) is 0. The maximum absolute atomic E-state index is 11.9. The first-order chi connectivity index (χ1) is 7.97. The minimum absolute atomic E-state index is 0.175. The summed E-state index contributed by atoms with van der Waals surface area (Å²) in [7, 11) is -1.40. The quantitative estimate of drug-likeness (QED) is 0.901. The third kappa shape index (κ3) is 3.38. The van der Waals surface area contributed by atoms with Gasteiger partial charge in [-0.05, 0) is 25.9 Å². The minimum Gasteiger partial charge on any atom is -0.306 e. The van der Waals surface area contributed by atoms with Crippen LogP contribution in [-0.2, 0) is 10.0 Å². The fraction of sp³-hybridized carbons (Fsp3) is 0.667. The SMILES string of the molecule is CN1CCC(CNS(=O)(=O)c2cnc(Cl)s2)C1. The highest BCUT2D eigenvalue weighted by atomic mass is 35.5. The molecule has 0 bridgehead atoms. The molecular weight excluding hydrogens is 282 g/mol. The van der Waals surface area contributed by atoms with Crippen LogP contribution in [-0.4, -0.2) is 45.0 Å². The summed E-state index contributed by atoms with van der Waals surface area (Å²) in [6.45, 7) is 2.44. The van der Waals surface area contributed by atoms with Crippen molar-refractivity contribution in [2.45, 2.75) is 10.6 Å². The molecule has 0 spiro atoms. The topological polar surface area (TPSA) is 62.3 Å². The first-order valence-corrected chi connectivity index (χ1v) is 7.94. The van der Waals surface area contributed by atoms with Gasteiger partial charge < -0.3 is 4.90 Å². The normalized spacial score (nSPS) is 22.1. The molecule has 1 N–H and O–H groups in total. The number of hydrogen-bond acceptors (Lipinski definition) is 5. The molecule has 1 saturated heterocycles. The Balaban J connectivity index is 1.94. The lowest BCUT2D eigenvalue weighted by Gasteiger charge is -2.11. The molecule has 2 heterocycles. The van der Waals surface area contributed by atoms with E-state index in [1.807, 2.05) is 7.05 Å². The van der Waals surface area contributed by atoms with Crippen molar-refractivity contribution in [3.63, 3.8) is 0 Å². The van der Waals surface area contributed by atoms with E-state index in [-0.39, 0.29) is 8.68 Å². The fourth-order valence-electron chi connectivity index (χ4n) is 1.86. The Labute approximate surface area is 110 Å². The Bertz CT molecular complexity index is 488. The molecule has 0 aliphatic carbocycles. The Morgan fingerprint density at radius 2 is 2.47 bits per heavy atom. The van der Waals surface area contributed by atoms with Crippen molar-refractivity contribution in [2.24, 2.45) is 5.92 Å². The van der Waals surface area contributed by atoms with Gasteiger partial charge in [0.15, 0.2) is 8.68 Å². The third-order valence-electron chi connectivity index (χ3n) is 2.77. The van der Waals surface area contributed by atoms with E-state index in [0.29, 0.717) is 12.5 Å². The van der Waals surface area contributed by atoms with Crippen LogP contribution in [0.2, 0.25) is 4.47 Å². The van der Waals surface area contributed by atoms with Crippen molar-refractivity contribution < 1.29 is 8.42 Å². The average Bonchev–Trinajstić information content (AvgIpc) is 2.85. The number of aromatic nitrogens is 1. The monoisotopic (exact) mass is 295 g/mol. The summed E-state index contributed by atoms with van der Waals surface area (Å²) < 4.78 is 26.8. The molecule has 2 rings (SSSR count). The maximum Gasteiger partial charge on any atom is 0.251 e. The number of thiazole rings is 1. The van der Waals surface area contributed by atoms with Crippen molar-refractivity contribution in [1.82, 2.24) is 14.6 Å². The Morgan fingerprint density at radius 1 is 1.71 bits per heavy atom. The molecule has 8 heteroatoms. The molecule has 1 aliphatic rings. The van der Waals surface area contributed by atoms with Crippen molar-refractivity contribution in [1.29, 1.82) is 0 Å². The molecule has 17 heavy (non-hydrogen) atoms. The van der Waals surface area contributed by atoms with Gasteiger partial charge in [0, 0.05) is 13.1 Å². The summed E-state index contributed by atoms with van der Waals surface area (Å²) in [6, 6.07) is 0. The summed E-state index contributed by atoms with van der Waals surface area (Å²) in [6.07, 6.45) is 2.32. The molecule has 5 nitrogen and oxygen atoms in total. The van der Waals surface area contributed by atoms with Gasteiger partial charge in [0.25, 0.3) is 10.0 Å². The molecule has 1 fully saturated rings. The molecule has 1 aromatic heterocycles. The van der Waals surface area contributed by atoms with E-state index in [2.05, 4.69) is 14.6 Å². The highest BCUT2D eigenvalue weighted by Gasteiger charge is 2.23. The summed E-state index contributed by atoms with van der Waals surface area (Å²) in [5, 5.41) is 0. The number of hydrogen-bond donors (Lipinski definition) is 1. The largest absolute Gasteiger partial charge is 0.306 e.